The lowest BCUT2D eigenvalue weighted by molar-refractivity contribution is -0.195. The molecule has 0 N–H and O–H groups in total. The Morgan fingerprint density at radius 3 is 2.50 bits per heavy atom. The van der Waals surface area contributed by atoms with Gasteiger partial charge in [-0.05, 0) is 50.5 Å². The van der Waals surface area contributed by atoms with Crippen LogP contribution in [0.15, 0.2) is 46.3 Å². The fourth-order valence-electron chi connectivity index (χ4n) is 8.48. The number of hydrogen-bond donors (Lipinski definition) is 0. The molecule has 1 aromatic rings. The smallest absolute Gasteiger partial charge is 0.333 e. The van der Waals surface area contributed by atoms with E-state index < -0.39 is 52.2 Å². The summed E-state index contributed by atoms with van der Waals surface area (Å²) in [4.78, 5) is 53.3. The Kier molecular flexibility index (Phi) is 6.91. The molecule has 1 saturated heterocycles. The Morgan fingerprint density at radius 1 is 1.15 bits per heavy atom. The summed E-state index contributed by atoms with van der Waals surface area (Å²) in [7, 11) is 1.35. The average molecular weight is 553 g/mol. The van der Waals surface area contributed by atoms with Gasteiger partial charge in [-0.2, -0.15) is 0 Å². The summed E-state index contributed by atoms with van der Waals surface area (Å²) < 4.78 is 22.5. The molecular formula is C32H40O8. The van der Waals surface area contributed by atoms with Gasteiger partial charge in [-0.15, -0.1) is 0 Å². The number of carbonyl (C=O) groups excluding carboxylic acids is 4. The Morgan fingerprint density at radius 2 is 1.88 bits per heavy atom. The minimum atomic E-state index is -0.904. The van der Waals surface area contributed by atoms with Gasteiger partial charge < -0.3 is 18.6 Å². The lowest BCUT2D eigenvalue weighted by Crippen LogP contribution is -2.66. The van der Waals surface area contributed by atoms with Gasteiger partial charge in [0.1, 0.15) is 18.0 Å². The monoisotopic (exact) mass is 552 g/mol. The molecule has 40 heavy (non-hydrogen) atoms. The van der Waals surface area contributed by atoms with Gasteiger partial charge in [-0.1, -0.05) is 45.4 Å². The molecule has 0 spiro atoms. The molecule has 0 radical (unpaired) electrons. The molecule has 2 bridgehead atoms. The van der Waals surface area contributed by atoms with Gasteiger partial charge in [-0.3, -0.25) is 14.4 Å². The van der Waals surface area contributed by atoms with Crippen LogP contribution < -0.4 is 0 Å². The molecule has 2 saturated carbocycles. The number of carbonyl (C=O) groups is 4. The molecule has 2 heterocycles. The van der Waals surface area contributed by atoms with Crippen LogP contribution in [0.1, 0.15) is 78.9 Å². The van der Waals surface area contributed by atoms with Gasteiger partial charge >= 0.3 is 17.9 Å². The van der Waals surface area contributed by atoms with Crippen LogP contribution in [-0.4, -0.2) is 36.9 Å². The van der Waals surface area contributed by atoms with Crippen molar-refractivity contribution in [2.45, 2.75) is 79.4 Å². The lowest BCUT2D eigenvalue weighted by Gasteiger charge is -2.63. The fourth-order valence-corrected chi connectivity index (χ4v) is 8.48. The average Bonchev–Trinajstić information content (AvgIpc) is 3.45. The Hall–Kier alpha value is -3.16. The Balaban J connectivity index is 1.66. The molecule has 0 aromatic carbocycles. The zero-order valence-corrected chi connectivity index (χ0v) is 24.4. The van der Waals surface area contributed by atoms with Crippen LogP contribution in [0.4, 0.5) is 0 Å². The second kappa shape index (κ2) is 9.74. The van der Waals surface area contributed by atoms with Crippen LogP contribution in [0.3, 0.4) is 0 Å². The topological polar surface area (TPSA) is 109 Å². The summed E-state index contributed by atoms with van der Waals surface area (Å²) in [6.45, 7) is 11.5. The summed E-state index contributed by atoms with van der Waals surface area (Å²) >= 11 is 0. The molecule has 0 amide bonds. The van der Waals surface area contributed by atoms with E-state index in [2.05, 4.69) is 6.92 Å². The van der Waals surface area contributed by atoms with Gasteiger partial charge in [0.15, 0.2) is 0 Å². The summed E-state index contributed by atoms with van der Waals surface area (Å²) in [5.41, 5.74) is 0.283. The SMILES string of the molecule is C/C=C(\C)C(=O)O[C@@H]1C2C=C3C4CC(=O)O[C@@H](c5ccoc5)[C@]4(C)CC[C@@H]3[C@@](C)(C2=O)[C@@H](CC(=O)OC)C1(C)C. The van der Waals surface area contributed by atoms with E-state index in [1.54, 1.807) is 32.4 Å². The number of ether oxygens (including phenoxy) is 3. The van der Waals surface area contributed by atoms with E-state index in [0.717, 1.165) is 17.6 Å². The number of rotatable bonds is 5. The third kappa shape index (κ3) is 4.00. The lowest BCUT2D eigenvalue weighted by atomic mass is 9.40. The van der Waals surface area contributed by atoms with Gasteiger partial charge in [0.25, 0.3) is 0 Å². The molecule has 8 atom stereocenters. The van der Waals surface area contributed by atoms with Crippen molar-refractivity contribution >= 4 is 23.7 Å². The molecule has 2 unspecified atom stereocenters. The second-order valence-electron chi connectivity index (χ2n) is 13.1. The van der Waals surface area contributed by atoms with Crippen LogP contribution in [0.2, 0.25) is 0 Å². The minimum absolute atomic E-state index is 0.0150. The van der Waals surface area contributed by atoms with E-state index >= 15 is 0 Å². The van der Waals surface area contributed by atoms with E-state index in [1.165, 1.54) is 7.11 Å². The van der Waals surface area contributed by atoms with E-state index in [9.17, 15) is 19.2 Å². The number of Topliss-reactive ketones (excluding diaryl/α,β-unsaturated/α-hetero) is 1. The van der Waals surface area contributed by atoms with Crippen molar-refractivity contribution in [3.63, 3.8) is 0 Å². The maximum Gasteiger partial charge on any atom is 0.333 e. The van der Waals surface area contributed by atoms with Crippen molar-refractivity contribution < 1.29 is 37.8 Å². The minimum Gasteiger partial charge on any atom is -0.472 e. The van der Waals surface area contributed by atoms with Crippen molar-refractivity contribution in [2.24, 2.45) is 39.9 Å². The molecule has 3 aliphatic carbocycles. The van der Waals surface area contributed by atoms with Crippen molar-refractivity contribution in [3.8, 4) is 0 Å². The maximum absolute atomic E-state index is 14.4. The summed E-state index contributed by atoms with van der Waals surface area (Å²) in [6, 6.07) is 1.83. The van der Waals surface area contributed by atoms with Crippen LogP contribution in [-0.2, 0) is 33.4 Å². The number of hydrogen-bond acceptors (Lipinski definition) is 8. The van der Waals surface area contributed by atoms with E-state index in [4.69, 9.17) is 18.6 Å². The third-order valence-electron chi connectivity index (χ3n) is 10.8. The van der Waals surface area contributed by atoms with Crippen molar-refractivity contribution in [2.75, 3.05) is 7.11 Å². The number of furan rings is 1. The Bertz CT molecular complexity index is 1290. The molecule has 8 heteroatoms. The number of allylic oxidation sites excluding steroid dienone is 2. The first kappa shape index (κ1) is 28.4. The van der Waals surface area contributed by atoms with Crippen molar-refractivity contribution in [1.82, 2.24) is 0 Å². The largest absolute Gasteiger partial charge is 0.472 e. The first-order valence-corrected chi connectivity index (χ1v) is 14.2. The molecule has 5 rings (SSSR count). The van der Waals surface area contributed by atoms with Crippen molar-refractivity contribution in [3.05, 3.63) is 47.5 Å². The van der Waals surface area contributed by atoms with Gasteiger partial charge in [0.05, 0.1) is 32.0 Å². The molecule has 4 aliphatic rings. The van der Waals surface area contributed by atoms with Crippen LogP contribution >= 0.6 is 0 Å². The predicted molar refractivity (Wildman–Crippen MR) is 144 cm³/mol. The molecule has 3 fully saturated rings. The predicted octanol–water partition coefficient (Wildman–Crippen LogP) is 5.53. The number of methoxy groups -OCH3 is 1. The van der Waals surface area contributed by atoms with Crippen LogP contribution in [0.25, 0.3) is 0 Å². The summed E-state index contributed by atoms with van der Waals surface area (Å²) in [5.74, 6) is -2.66. The zero-order chi connectivity index (χ0) is 29.2. The molecular weight excluding hydrogens is 512 g/mol. The van der Waals surface area contributed by atoms with E-state index in [0.29, 0.717) is 12.0 Å². The first-order chi connectivity index (χ1) is 18.8. The van der Waals surface area contributed by atoms with Gasteiger partial charge in [0, 0.05) is 33.8 Å². The number of esters is 3. The molecule has 1 aromatic heterocycles. The van der Waals surface area contributed by atoms with Crippen molar-refractivity contribution in [1.29, 1.82) is 0 Å². The quantitative estimate of drug-likeness (QED) is 0.203. The molecule has 1 aliphatic heterocycles. The summed E-state index contributed by atoms with van der Waals surface area (Å²) in [5, 5.41) is 0. The highest BCUT2D eigenvalue weighted by Crippen LogP contribution is 2.68. The summed E-state index contributed by atoms with van der Waals surface area (Å²) in [6.07, 6.45) is 7.30. The third-order valence-corrected chi connectivity index (χ3v) is 10.8. The van der Waals surface area contributed by atoms with Gasteiger partial charge in [-0.25, -0.2) is 4.79 Å². The van der Waals surface area contributed by atoms with E-state index in [1.807, 2.05) is 32.9 Å². The second-order valence-corrected chi connectivity index (χ2v) is 13.1. The highest BCUT2D eigenvalue weighted by molar-refractivity contribution is 5.94. The number of cyclic esters (lactones) is 1. The van der Waals surface area contributed by atoms with E-state index in [-0.39, 0.29) is 36.4 Å². The first-order valence-electron chi connectivity index (χ1n) is 14.2. The molecule has 8 nitrogen and oxygen atoms in total. The van der Waals surface area contributed by atoms with Crippen LogP contribution in [0.5, 0.6) is 0 Å². The number of ketones is 1. The van der Waals surface area contributed by atoms with Crippen LogP contribution in [0, 0.1) is 39.9 Å². The zero-order valence-electron chi connectivity index (χ0n) is 24.4. The maximum atomic E-state index is 14.4. The standard InChI is InChI=1S/C32H40O8/c1-8-17(2)29(36)40-28-20-13-19-21(32(6,26(20)35)23(30(28,3)4)15-24(33)37-7)9-11-31(5)22(19)14-25(34)39-27(31)18-10-12-38-16-18/h8,10,12-13,16,20-23,27-28H,9,11,14-15H2,1-7H3/b17-8+/t20?,21-,22?,23-,27-,28+,31+,32+/m0/s1. The Labute approximate surface area is 235 Å². The van der Waals surface area contributed by atoms with Gasteiger partial charge in [0.2, 0.25) is 0 Å². The normalized spacial score (nSPS) is 38.4. The highest BCUT2D eigenvalue weighted by Gasteiger charge is 2.69. The highest BCUT2D eigenvalue weighted by atomic mass is 16.6. The molecule has 216 valence electrons. The number of fused-ring (bicyclic) bond motifs is 6. The fraction of sp³-hybridized carbons (Fsp3) is 0.625.